The number of aldehydes is 1. The van der Waals surface area contributed by atoms with E-state index in [9.17, 15) is 9.59 Å². The summed E-state index contributed by atoms with van der Waals surface area (Å²) in [7, 11) is 0. The Balaban J connectivity index is 2.28. The van der Waals surface area contributed by atoms with Gasteiger partial charge in [-0.25, -0.2) is 4.79 Å². The zero-order valence-corrected chi connectivity index (χ0v) is 11.1. The zero-order chi connectivity index (χ0) is 13.9. The molecular weight excluding hydrogens is 242 g/mol. The first-order valence-corrected chi connectivity index (χ1v) is 6.57. The number of benzene rings is 1. The Morgan fingerprint density at radius 3 is 2.53 bits per heavy atom. The molecule has 4 heteroatoms. The van der Waals surface area contributed by atoms with E-state index in [-0.39, 0.29) is 5.41 Å². The molecule has 102 valence electrons. The van der Waals surface area contributed by atoms with Crippen LogP contribution in [-0.4, -0.2) is 35.5 Å². The third kappa shape index (κ3) is 2.62. The molecule has 0 atom stereocenters. The molecule has 1 saturated heterocycles. The maximum Gasteiger partial charge on any atom is 0.407 e. The van der Waals surface area contributed by atoms with E-state index in [0.29, 0.717) is 32.4 Å². The lowest BCUT2D eigenvalue weighted by Gasteiger charge is -2.41. The Morgan fingerprint density at radius 1 is 1.37 bits per heavy atom. The van der Waals surface area contributed by atoms with Crippen LogP contribution in [0.3, 0.4) is 0 Å². The Morgan fingerprint density at radius 2 is 2.00 bits per heavy atom. The number of aryl methyl sites for hydroxylation is 1. The van der Waals surface area contributed by atoms with Crippen molar-refractivity contribution in [1.82, 2.24) is 4.90 Å². The van der Waals surface area contributed by atoms with Crippen molar-refractivity contribution in [1.29, 1.82) is 0 Å². The van der Waals surface area contributed by atoms with Crippen molar-refractivity contribution in [3.05, 3.63) is 35.4 Å². The monoisotopic (exact) mass is 261 g/mol. The minimum atomic E-state index is -0.871. The quantitative estimate of drug-likeness (QED) is 0.851. The van der Waals surface area contributed by atoms with E-state index in [4.69, 9.17) is 5.11 Å². The van der Waals surface area contributed by atoms with E-state index in [1.54, 1.807) is 0 Å². The van der Waals surface area contributed by atoms with Gasteiger partial charge < -0.3 is 14.8 Å². The average molecular weight is 261 g/mol. The molecule has 1 fully saturated rings. The number of hydrogen-bond donors (Lipinski definition) is 1. The number of rotatable bonds is 3. The minimum absolute atomic E-state index is 0.195. The summed E-state index contributed by atoms with van der Waals surface area (Å²) in [5.41, 5.74) is 2.17. The van der Waals surface area contributed by atoms with Gasteiger partial charge in [0.25, 0.3) is 0 Å². The highest BCUT2D eigenvalue weighted by Gasteiger charge is 2.37. The van der Waals surface area contributed by atoms with Crippen LogP contribution in [0.4, 0.5) is 4.79 Å². The van der Waals surface area contributed by atoms with Gasteiger partial charge in [-0.15, -0.1) is 0 Å². The molecule has 1 amide bonds. The van der Waals surface area contributed by atoms with Crippen LogP contribution < -0.4 is 0 Å². The molecule has 1 N–H and O–H groups in total. The Kier molecular flexibility index (Phi) is 3.88. The van der Waals surface area contributed by atoms with Crippen molar-refractivity contribution < 1.29 is 14.7 Å². The van der Waals surface area contributed by atoms with E-state index in [2.05, 4.69) is 6.07 Å². The predicted octanol–water partition coefficient (Wildman–Crippen LogP) is 2.60. The third-order valence-corrected chi connectivity index (χ3v) is 4.18. The Hall–Kier alpha value is -1.84. The van der Waals surface area contributed by atoms with Gasteiger partial charge >= 0.3 is 6.09 Å². The van der Waals surface area contributed by atoms with Gasteiger partial charge in [0, 0.05) is 24.9 Å². The molecule has 0 bridgehead atoms. The second kappa shape index (κ2) is 5.43. The Labute approximate surface area is 113 Å². The van der Waals surface area contributed by atoms with Gasteiger partial charge in [0.05, 0.1) is 0 Å². The number of piperidine rings is 1. The van der Waals surface area contributed by atoms with Gasteiger partial charge in [0.2, 0.25) is 0 Å². The second-order valence-corrected chi connectivity index (χ2v) is 5.24. The number of hydrogen-bond acceptors (Lipinski definition) is 2. The van der Waals surface area contributed by atoms with Crippen LogP contribution in [0.25, 0.3) is 0 Å². The fourth-order valence-corrected chi connectivity index (χ4v) is 3.04. The van der Waals surface area contributed by atoms with Crippen LogP contribution in [0.1, 0.15) is 30.4 Å². The standard InChI is InChI=1S/C15H19NO3/c1-12-4-2-3-5-13(12)15(8-11-17)6-9-16(10-7-15)14(18)19/h2-5,11H,6-10H2,1H3,(H,18,19). The largest absolute Gasteiger partial charge is 0.465 e. The van der Waals surface area contributed by atoms with Crippen molar-refractivity contribution in [3.8, 4) is 0 Å². The van der Waals surface area contributed by atoms with E-state index in [0.717, 1.165) is 6.29 Å². The molecule has 1 aliphatic rings. The lowest BCUT2D eigenvalue weighted by Crippen LogP contribution is -2.45. The summed E-state index contributed by atoms with van der Waals surface area (Å²) in [5, 5.41) is 9.02. The molecule has 0 aliphatic carbocycles. The first-order chi connectivity index (χ1) is 9.09. The van der Waals surface area contributed by atoms with Gasteiger partial charge in [-0.2, -0.15) is 0 Å². The number of amides is 1. The summed E-state index contributed by atoms with van der Waals surface area (Å²) in [4.78, 5) is 23.5. The molecule has 1 aromatic rings. The summed E-state index contributed by atoms with van der Waals surface area (Å²) in [5.74, 6) is 0. The molecule has 4 nitrogen and oxygen atoms in total. The van der Waals surface area contributed by atoms with Crippen molar-refractivity contribution in [3.63, 3.8) is 0 Å². The minimum Gasteiger partial charge on any atom is -0.465 e. The number of carbonyl (C=O) groups is 2. The van der Waals surface area contributed by atoms with Crippen LogP contribution in [0.5, 0.6) is 0 Å². The lowest BCUT2D eigenvalue weighted by molar-refractivity contribution is -0.109. The molecule has 1 aromatic carbocycles. The van der Waals surface area contributed by atoms with Crippen molar-refractivity contribution >= 4 is 12.4 Å². The van der Waals surface area contributed by atoms with Gasteiger partial charge in [0.15, 0.2) is 0 Å². The normalized spacial score (nSPS) is 18.1. The molecular formula is C15H19NO3. The topological polar surface area (TPSA) is 57.6 Å². The van der Waals surface area contributed by atoms with Crippen LogP contribution in [-0.2, 0) is 10.2 Å². The fourth-order valence-electron chi connectivity index (χ4n) is 3.04. The first-order valence-electron chi connectivity index (χ1n) is 6.57. The molecule has 0 spiro atoms. The van der Waals surface area contributed by atoms with E-state index < -0.39 is 6.09 Å². The molecule has 1 aliphatic heterocycles. The smallest absolute Gasteiger partial charge is 0.407 e. The molecule has 1 heterocycles. The zero-order valence-electron chi connectivity index (χ0n) is 11.1. The number of carbonyl (C=O) groups excluding carboxylic acids is 1. The average Bonchev–Trinajstić information content (AvgIpc) is 2.40. The van der Waals surface area contributed by atoms with Crippen LogP contribution in [0, 0.1) is 6.92 Å². The van der Waals surface area contributed by atoms with Gasteiger partial charge in [-0.1, -0.05) is 24.3 Å². The van der Waals surface area contributed by atoms with E-state index in [1.165, 1.54) is 16.0 Å². The maximum atomic E-state index is 11.0. The highest BCUT2D eigenvalue weighted by molar-refractivity contribution is 5.65. The third-order valence-electron chi connectivity index (χ3n) is 4.18. The SMILES string of the molecule is Cc1ccccc1C1(CC=O)CCN(C(=O)O)CC1. The summed E-state index contributed by atoms with van der Waals surface area (Å²) in [6.07, 6.45) is 1.98. The second-order valence-electron chi connectivity index (χ2n) is 5.24. The van der Waals surface area contributed by atoms with Crippen molar-refractivity contribution in [2.45, 2.75) is 31.6 Å². The van der Waals surface area contributed by atoms with Crippen LogP contribution in [0.2, 0.25) is 0 Å². The lowest BCUT2D eigenvalue weighted by atomic mass is 9.69. The summed E-state index contributed by atoms with van der Waals surface area (Å²) < 4.78 is 0. The van der Waals surface area contributed by atoms with E-state index in [1.807, 2.05) is 25.1 Å². The number of nitrogens with zero attached hydrogens (tertiary/aromatic N) is 1. The first kappa shape index (κ1) is 13.6. The maximum absolute atomic E-state index is 11.0. The molecule has 0 saturated carbocycles. The van der Waals surface area contributed by atoms with Gasteiger partial charge in [-0.05, 0) is 30.9 Å². The highest BCUT2D eigenvalue weighted by Crippen LogP contribution is 2.39. The van der Waals surface area contributed by atoms with Gasteiger partial charge in [-0.3, -0.25) is 0 Å². The summed E-state index contributed by atoms with van der Waals surface area (Å²) in [6.45, 7) is 3.04. The van der Waals surface area contributed by atoms with Crippen LogP contribution in [0.15, 0.2) is 24.3 Å². The molecule has 19 heavy (non-hydrogen) atoms. The van der Waals surface area contributed by atoms with Crippen molar-refractivity contribution in [2.24, 2.45) is 0 Å². The molecule has 0 radical (unpaired) electrons. The van der Waals surface area contributed by atoms with Gasteiger partial charge in [0.1, 0.15) is 6.29 Å². The molecule has 0 aromatic heterocycles. The number of likely N-dealkylation sites (tertiary alicyclic amines) is 1. The molecule has 2 rings (SSSR count). The number of carboxylic acid groups (broad SMARTS) is 1. The fraction of sp³-hybridized carbons (Fsp3) is 0.467. The van der Waals surface area contributed by atoms with Crippen molar-refractivity contribution in [2.75, 3.05) is 13.1 Å². The van der Waals surface area contributed by atoms with E-state index >= 15 is 0 Å². The summed E-state index contributed by atoms with van der Waals surface area (Å²) in [6, 6.07) is 8.08. The Bertz CT molecular complexity index is 476. The summed E-state index contributed by atoms with van der Waals surface area (Å²) >= 11 is 0. The molecule has 0 unspecified atom stereocenters. The highest BCUT2D eigenvalue weighted by atomic mass is 16.4. The predicted molar refractivity (Wildman–Crippen MR) is 72.4 cm³/mol. The van der Waals surface area contributed by atoms with Crippen LogP contribution >= 0.6 is 0 Å².